The molecule has 0 unspecified atom stereocenters. The topological polar surface area (TPSA) is 122 Å². The maximum atomic E-state index is 13.8. The molecule has 49 heavy (non-hydrogen) atoms. The van der Waals surface area contributed by atoms with Crippen molar-refractivity contribution in [3.8, 4) is 11.1 Å². The second-order valence-corrected chi connectivity index (χ2v) is 14.9. The lowest BCUT2D eigenvalue weighted by Crippen LogP contribution is -2.58. The van der Waals surface area contributed by atoms with Gasteiger partial charge in [0.15, 0.2) is 0 Å². The highest BCUT2D eigenvalue weighted by Gasteiger charge is 2.51. The van der Waals surface area contributed by atoms with Crippen LogP contribution in [0.5, 0.6) is 0 Å². The highest BCUT2D eigenvalue weighted by atomic mass is 16.6. The quantitative estimate of drug-likeness (QED) is 0.239. The molecule has 0 saturated carbocycles. The van der Waals surface area contributed by atoms with E-state index in [1.165, 1.54) is 7.11 Å². The SMILES string of the molecule is COC(=O)N[C@H](C(=O)NN(Cc1ccccc1)C[C@@H]1OC(C)(C)N(C(=O)OC(C)(C)C)[C@@H]1Cc1ccc(-c2cccnc2)cc1)C(C)(C)C. The normalized spacial score (nSPS) is 18.1. The minimum absolute atomic E-state index is 0.233. The van der Waals surface area contributed by atoms with E-state index < -0.39 is 53.0 Å². The molecule has 2 heterocycles. The summed E-state index contributed by atoms with van der Waals surface area (Å²) in [7, 11) is 1.26. The summed E-state index contributed by atoms with van der Waals surface area (Å²) in [4.78, 5) is 45.8. The molecule has 3 aromatic rings. The van der Waals surface area contributed by atoms with Crippen LogP contribution >= 0.6 is 0 Å². The Kier molecular flexibility index (Phi) is 11.7. The highest BCUT2D eigenvalue weighted by molar-refractivity contribution is 5.86. The van der Waals surface area contributed by atoms with Gasteiger partial charge in [0.2, 0.25) is 0 Å². The van der Waals surface area contributed by atoms with Gasteiger partial charge in [-0.3, -0.25) is 20.1 Å². The molecular weight excluding hydrogens is 622 g/mol. The third-order valence-electron chi connectivity index (χ3n) is 8.23. The smallest absolute Gasteiger partial charge is 0.412 e. The van der Waals surface area contributed by atoms with E-state index in [2.05, 4.69) is 15.7 Å². The van der Waals surface area contributed by atoms with Gasteiger partial charge in [-0.2, -0.15) is 0 Å². The Bertz CT molecular complexity index is 1550. The van der Waals surface area contributed by atoms with E-state index in [1.807, 2.05) is 128 Å². The van der Waals surface area contributed by atoms with Crippen molar-refractivity contribution in [1.82, 2.24) is 25.6 Å². The number of ether oxygens (including phenoxy) is 3. The number of nitrogens with one attached hydrogen (secondary N) is 2. The summed E-state index contributed by atoms with van der Waals surface area (Å²) in [6.45, 7) is 15.4. The number of nitrogens with zero attached hydrogens (tertiary/aromatic N) is 3. The van der Waals surface area contributed by atoms with Crippen molar-refractivity contribution in [2.24, 2.45) is 5.41 Å². The maximum absolute atomic E-state index is 13.8. The third-order valence-corrected chi connectivity index (χ3v) is 8.23. The summed E-state index contributed by atoms with van der Waals surface area (Å²) in [5.41, 5.74) is 4.70. The van der Waals surface area contributed by atoms with Gasteiger partial charge in [-0.25, -0.2) is 14.6 Å². The lowest BCUT2D eigenvalue weighted by Gasteiger charge is -2.35. The van der Waals surface area contributed by atoms with Crippen molar-refractivity contribution in [2.45, 2.75) is 97.9 Å². The van der Waals surface area contributed by atoms with Crippen LogP contribution in [0.1, 0.15) is 66.5 Å². The Morgan fingerprint density at radius 2 is 1.61 bits per heavy atom. The molecule has 1 fully saturated rings. The fourth-order valence-corrected chi connectivity index (χ4v) is 5.97. The van der Waals surface area contributed by atoms with Crippen LogP contribution < -0.4 is 10.7 Å². The number of hydrogen-bond acceptors (Lipinski definition) is 8. The Hall–Kier alpha value is -4.48. The predicted molar refractivity (Wildman–Crippen MR) is 188 cm³/mol. The van der Waals surface area contributed by atoms with Gasteiger partial charge < -0.3 is 19.5 Å². The molecule has 1 aromatic heterocycles. The first-order chi connectivity index (χ1) is 23.0. The second-order valence-electron chi connectivity index (χ2n) is 14.9. The van der Waals surface area contributed by atoms with Gasteiger partial charge in [0.05, 0.1) is 19.3 Å². The first-order valence-electron chi connectivity index (χ1n) is 16.6. The van der Waals surface area contributed by atoms with Crippen molar-refractivity contribution in [3.63, 3.8) is 0 Å². The van der Waals surface area contributed by atoms with Gasteiger partial charge in [-0.05, 0) is 74.8 Å². The molecule has 0 bridgehead atoms. The molecule has 264 valence electrons. The lowest BCUT2D eigenvalue weighted by atomic mass is 9.86. The zero-order chi connectivity index (χ0) is 36.0. The van der Waals surface area contributed by atoms with Gasteiger partial charge in [-0.15, -0.1) is 0 Å². The van der Waals surface area contributed by atoms with Crippen molar-refractivity contribution in [1.29, 1.82) is 0 Å². The highest BCUT2D eigenvalue weighted by Crippen LogP contribution is 2.36. The van der Waals surface area contributed by atoms with Crippen LogP contribution in [0.15, 0.2) is 79.1 Å². The van der Waals surface area contributed by atoms with E-state index >= 15 is 0 Å². The number of carbonyl (C=O) groups is 3. The van der Waals surface area contributed by atoms with E-state index in [1.54, 1.807) is 16.1 Å². The van der Waals surface area contributed by atoms with Gasteiger partial charge in [0.25, 0.3) is 5.91 Å². The lowest BCUT2D eigenvalue weighted by molar-refractivity contribution is -0.132. The maximum Gasteiger partial charge on any atom is 0.412 e. The molecule has 2 N–H and O–H groups in total. The molecular formula is C38H51N5O6. The van der Waals surface area contributed by atoms with Crippen LogP contribution in [0.2, 0.25) is 0 Å². The van der Waals surface area contributed by atoms with Crippen LogP contribution in [0.25, 0.3) is 11.1 Å². The van der Waals surface area contributed by atoms with Crippen molar-refractivity contribution in [3.05, 3.63) is 90.3 Å². The molecule has 2 aromatic carbocycles. The Labute approximate surface area is 290 Å². The molecule has 3 atom stereocenters. The predicted octanol–water partition coefficient (Wildman–Crippen LogP) is 6.34. The van der Waals surface area contributed by atoms with E-state index in [4.69, 9.17) is 14.2 Å². The first-order valence-corrected chi connectivity index (χ1v) is 16.6. The Morgan fingerprint density at radius 3 is 2.18 bits per heavy atom. The molecule has 11 heteroatoms. The summed E-state index contributed by atoms with van der Waals surface area (Å²) < 4.78 is 17.4. The zero-order valence-corrected chi connectivity index (χ0v) is 30.2. The number of rotatable bonds is 10. The monoisotopic (exact) mass is 673 g/mol. The summed E-state index contributed by atoms with van der Waals surface area (Å²) >= 11 is 0. The van der Waals surface area contributed by atoms with Gasteiger partial charge in [-0.1, -0.05) is 81.4 Å². The largest absolute Gasteiger partial charge is 0.453 e. The Balaban J connectivity index is 1.68. The molecule has 11 nitrogen and oxygen atoms in total. The average Bonchev–Trinajstić information content (AvgIpc) is 3.27. The summed E-state index contributed by atoms with van der Waals surface area (Å²) in [5.74, 6) is -0.405. The van der Waals surface area contributed by atoms with Gasteiger partial charge in [0.1, 0.15) is 17.4 Å². The fourth-order valence-electron chi connectivity index (χ4n) is 5.97. The number of amides is 3. The van der Waals surface area contributed by atoms with Crippen LogP contribution in [-0.2, 0) is 32.0 Å². The van der Waals surface area contributed by atoms with E-state index in [-0.39, 0.29) is 6.54 Å². The van der Waals surface area contributed by atoms with Gasteiger partial charge in [0, 0.05) is 25.5 Å². The molecule has 1 aliphatic rings. The molecule has 4 rings (SSSR count). The number of carbonyl (C=O) groups excluding carboxylic acids is 3. The molecule has 1 aliphatic heterocycles. The van der Waals surface area contributed by atoms with Crippen LogP contribution in [-0.4, -0.2) is 76.2 Å². The minimum atomic E-state index is -1.02. The molecule has 3 amide bonds. The van der Waals surface area contributed by atoms with Crippen LogP contribution in [0, 0.1) is 5.41 Å². The number of aromatic nitrogens is 1. The molecule has 0 aliphatic carbocycles. The standard InChI is InChI=1S/C38H51N5O6/c1-36(2,3)32(40-34(45)47-9)33(44)41-42(24-27-14-11-10-12-15-27)25-31-30(43(38(7,8)48-31)35(46)49-37(4,5)6)22-26-17-19-28(20-18-26)29-16-13-21-39-23-29/h10-21,23,30-32H,22,24-25H2,1-9H3,(H,40,45)(H,41,44)/t30-,31+,32-/m1/s1. The third kappa shape index (κ3) is 10.3. The van der Waals surface area contributed by atoms with E-state index in [0.717, 1.165) is 22.3 Å². The van der Waals surface area contributed by atoms with Crippen molar-refractivity contribution in [2.75, 3.05) is 13.7 Å². The number of pyridine rings is 1. The van der Waals surface area contributed by atoms with Gasteiger partial charge >= 0.3 is 12.2 Å². The van der Waals surface area contributed by atoms with Crippen LogP contribution in [0.4, 0.5) is 9.59 Å². The van der Waals surface area contributed by atoms with E-state index in [0.29, 0.717) is 13.0 Å². The molecule has 1 saturated heterocycles. The summed E-state index contributed by atoms with van der Waals surface area (Å²) in [6.07, 6.45) is 2.32. The number of methoxy groups -OCH3 is 1. The zero-order valence-electron chi connectivity index (χ0n) is 30.2. The van der Waals surface area contributed by atoms with Crippen LogP contribution in [0.3, 0.4) is 0 Å². The first kappa shape index (κ1) is 37.3. The fraction of sp³-hybridized carbons (Fsp3) is 0.474. The number of benzene rings is 2. The minimum Gasteiger partial charge on any atom is -0.453 e. The summed E-state index contributed by atoms with van der Waals surface area (Å²) in [5, 5.41) is 4.46. The average molecular weight is 674 g/mol. The van der Waals surface area contributed by atoms with Crippen molar-refractivity contribution < 1.29 is 28.6 Å². The second kappa shape index (κ2) is 15.4. The number of hydrazine groups is 1. The molecule has 0 radical (unpaired) electrons. The van der Waals surface area contributed by atoms with E-state index in [9.17, 15) is 14.4 Å². The Morgan fingerprint density at radius 1 is 0.939 bits per heavy atom. The molecule has 0 spiro atoms. The summed E-state index contributed by atoms with van der Waals surface area (Å²) in [6, 6.07) is 20.5. The number of alkyl carbamates (subject to hydrolysis) is 1. The number of hydrogen-bond donors (Lipinski definition) is 2. The van der Waals surface area contributed by atoms with Crippen molar-refractivity contribution >= 4 is 18.1 Å².